The van der Waals surface area contributed by atoms with Crippen molar-refractivity contribution in [3.8, 4) is 11.5 Å². The molecule has 2 nitrogen and oxygen atoms in total. The van der Waals surface area contributed by atoms with E-state index in [9.17, 15) is 5.11 Å². The summed E-state index contributed by atoms with van der Waals surface area (Å²) in [7, 11) is 0. The van der Waals surface area contributed by atoms with E-state index < -0.39 is 0 Å². The van der Waals surface area contributed by atoms with Crippen LogP contribution >= 0.6 is 47.8 Å². The van der Waals surface area contributed by atoms with Gasteiger partial charge in [-0.1, -0.05) is 56.1 Å². The normalized spacial score (nSPS) is 12.6. The van der Waals surface area contributed by atoms with Crippen LogP contribution in [0.5, 0.6) is 11.5 Å². The minimum Gasteiger partial charge on any atom is -0.506 e. The maximum absolute atomic E-state index is 10.0. The van der Waals surface area contributed by atoms with Crippen molar-refractivity contribution in [3.05, 3.63) is 34.8 Å². The number of phenolic OH excluding ortho intramolecular Hbond substituents is 1. The molecule has 0 radical (unpaired) electrons. The average molecular weight is 453 g/mol. The molecular formula is C14H13Br3O2. The Kier molecular flexibility index (Phi) is 5.54. The van der Waals surface area contributed by atoms with Gasteiger partial charge in [0.2, 0.25) is 0 Å². The molecule has 0 amide bonds. The zero-order valence-corrected chi connectivity index (χ0v) is 14.8. The SMILES string of the molecule is Oc1c(Br)cc(OCC(Br)CCBr)c2ccccc12. The molecule has 0 saturated carbocycles. The first kappa shape index (κ1) is 15.1. The Morgan fingerprint density at radius 1 is 1.21 bits per heavy atom. The van der Waals surface area contributed by atoms with Gasteiger partial charge in [0.1, 0.15) is 18.1 Å². The summed E-state index contributed by atoms with van der Waals surface area (Å²) in [6.07, 6.45) is 0.997. The first-order valence-electron chi connectivity index (χ1n) is 5.86. The number of fused-ring (bicyclic) bond motifs is 1. The highest BCUT2D eigenvalue weighted by Crippen LogP contribution is 2.38. The number of hydrogen-bond acceptors (Lipinski definition) is 2. The van der Waals surface area contributed by atoms with Gasteiger partial charge in [0.15, 0.2) is 0 Å². The molecule has 0 aromatic heterocycles. The monoisotopic (exact) mass is 450 g/mol. The molecule has 19 heavy (non-hydrogen) atoms. The molecule has 0 bridgehead atoms. The number of alkyl halides is 2. The fraction of sp³-hybridized carbons (Fsp3) is 0.286. The van der Waals surface area contributed by atoms with Gasteiger partial charge in [-0.2, -0.15) is 0 Å². The van der Waals surface area contributed by atoms with Crippen LogP contribution in [-0.2, 0) is 0 Å². The molecule has 2 aromatic rings. The second-order valence-electron chi connectivity index (χ2n) is 4.14. The van der Waals surface area contributed by atoms with E-state index in [0.717, 1.165) is 28.3 Å². The fourth-order valence-corrected chi connectivity index (χ4v) is 3.75. The lowest BCUT2D eigenvalue weighted by Crippen LogP contribution is -2.11. The summed E-state index contributed by atoms with van der Waals surface area (Å²) >= 11 is 10.3. The van der Waals surface area contributed by atoms with Gasteiger partial charge in [0, 0.05) is 20.9 Å². The van der Waals surface area contributed by atoms with Crippen LogP contribution in [0.4, 0.5) is 0 Å². The van der Waals surface area contributed by atoms with Crippen molar-refractivity contribution in [3.63, 3.8) is 0 Å². The third-order valence-electron chi connectivity index (χ3n) is 2.77. The minimum atomic E-state index is 0.249. The topological polar surface area (TPSA) is 29.5 Å². The summed E-state index contributed by atoms with van der Waals surface area (Å²) in [4.78, 5) is 0.304. The number of ether oxygens (including phenoxy) is 1. The molecule has 1 unspecified atom stereocenters. The van der Waals surface area contributed by atoms with Crippen molar-refractivity contribution in [1.29, 1.82) is 0 Å². The summed E-state index contributed by atoms with van der Waals surface area (Å²) in [5.74, 6) is 1.03. The second kappa shape index (κ2) is 6.95. The van der Waals surface area contributed by atoms with Crippen molar-refractivity contribution < 1.29 is 9.84 Å². The summed E-state index contributed by atoms with van der Waals surface area (Å²) in [6.45, 7) is 0.590. The summed E-state index contributed by atoms with van der Waals surface area (Å²) in [6, 6.07) is 9.48. The maximum atomic E-state index is 10.0. The van der Waals surface area contributed by atoms with Crippen molar-refractivity contribution in [2.24, 2.45) is 0 Å². The molecule has 0 aliphatic carbocycles. The number of halogens is 3. The molecule has 1 atom stereocenters. The quantitative estimate of drug-likeness (QED) is 0.629. The summed E-state index contributed by atoms with van der Waals surface area (Å²) < 4.78 is 6.51. The molecule has 0 heterocycles. The van der Waals surface area contributed by atoms with E-state index in [1.165, 1.54) is 0 Å². The molecule has 2 rings (SSSR count). The molecule has 5 heteroatoms. The van der Waals surface area contributed by atoms with Gasteiger partial charge in [-0.3, -0.25) is 0 Å². The van der Waals surface area contributed by atoms with Crippen LogP contribution < -0.4 is 4.74 Å². The van der Waals surface area contributed by atoms with E-state index in [1.54, 1.807) is 0 Å². The van der Waals surface area contributed by atoms with Crippen LogP contribution in [0.3, 0.4) is 0 Å². The summed E-state index contributed by atoms with van der Waals surface area (Å²) in [5, 5.41) is 12.7. The molecule has 2 aromatic carbocycles. The molecule has 0 aliphatic rings. The number of rotatable bonds is 5. The Labute approximate surface area is 137 Å². The number of aromatic hydroxyl groups is 1. The lowest BCUT2D eigenvalue weighted by Gasteiger charge is -2.14. The highest BCUT2D eigenvalue weighted by Gasteiger charge is 2.12. The zero-order chi connectivity index (χ0) is 13.8. The van der Waals surface area contributed by atoms with Gasteiger partial charge in [0.25, 0.3) is 0 Å². The van der Waals surface area contributed by atoms with Gasteiger partial charge in [0.05, 0.1) is 4.47 Å². The Hall–Kier alpha value is -0.260. The fourth-order valence-electron chi connectivity index (χ4n) is 1.80. The first-order valence-corrected chi connectivity index (χ1v) is 8.69. The summed E-state index contributed by atoms with van der Waals surface area (Å²) in [5.41, 5.74) is 0. The van der Waals surface area contributed by atoms with Crippen molar-refractivity contribution >= 4 is 58.6 Å². The van der Waals surface area contributed by atoms with Crippen LogP contribution in [0.25, 0.3) is 10.8 Å². The van der Waals surface area contributed by atoms with Crippen LogP contribution in [0.15, 0.2) is 34.8 Å². The largest absolute Gasteiger partial charge is 0.506 e. The van der Waals surface area contributed by atoms with Gasteiger partial charge in [-0.25, -0.2) is 0 Å². The third-order valence-corrected chi connectivity index (χ3v) is 4.56. The minimum absolute atomic E-state index is 0.249. The molecule has 102 valence electrons. The van der Waals surface area contributed by atoms with Crippen molar-refractivity contribution in [2.45, 2.75) is 11.2 Å². The van der Waals surface area contributed by atoms with Crippen molar-refractivity contribution in [2.75, 3.05) is 11.9 Å². The van der Waals surface area contributed by atoms with Gasteiger partial charge in [-0.05, 0) is 28.4 Å². The zero-order valence-electron chi connectivity index (χ0n) is 10.1. The highest BCUT2D eigenvalue weighted by atomic mass is 79.9. The molecule has 0 fully saturated rings. The molecule has 0 spiro atoms. The van der Waals surface area contributed by atoms with Crippen LogP contribution in [0.2, 0.25) is 0 Å². The smallest absolute Gasteiger partial charge is 0.137 e. The van der Waals surface area contributed by atoms with E-state index in [2.05, 4.69) is 47.8 Å². The van der Waals surface area contributed by atoms with Gasteiger partial charge in [-0.15, -0.1) is 0 Å². The van der Waals surface area contributed by atoms with Crippen LogP contribution in [-0.4, -0.2) is 21.9 Å². The lowest BCUT2D eigenvalue weighted by molar-refractivity contribution is 0.320. The molecule has 0 saturated heterocycles. The maximum Gasteiger partial charge on any atom is 0.137 e. The lowest BCUT2D eigenvalue weighted by atomic mass is 10.1. The third kappa shape index (κ3) is 3.64. The number of phenols is 1. The Morgan fingerprint density at radius 2 is 1.89 bits per heavy atom. The van der Waals surface area contributed by atoms with Crippen molar-refractivity contribution in [1.82, 2.24) is 0 Å². The van der Waals surface area contributed by atoms with E-state index in [4.69, 9.17) is 4.74 Å². The second-order valence-corrected chi connectivity index (χ2v) is 7.08. The van der Waals surface area contributed by atoms with E-state index in [-0.39, 0.29) is 5.75 Å². The highest BCUT2D eigenvalue weighted by molar-refractivity contribution is 9.10. The van der Waals surface area contributed by atoms with E-state index in [0.29, 0.717) is 15.9 Å². The Bertz CT molecular complexity index is 572. The standard InChI is InChI=1S/C14H13Br3O2/c15-6-5-9(16)8-19-13-7-12(17)14(18)11-4-2-1-3-10(11)13/h1-4,7,9,18H,5-6,8H2. The Balaban J connectivity index is 2.30. The Morgan fingerprint density at radius 3 is 2.58 bits per heavy atom. The van der Waals surface area contributed by atoms with E-state index >= 15 is 0 Å². The van der Waals surface area contributed by atoms with Crippen LogP contribution in [0, 0.1) is 0 Å². The number of hydrogen-bond donors (Lipinski definition) is 1. The average Bonchev–Trinajstić information content (AvgIpc) is 2.42. The molecular weight excluding hydrogens is 440 g/mol. The van der Waals surface area contributed by atoms with Gasteiger partial charge < -0.3 is 9.84 Å². The van der Waals surface area contributed by atoms with Crippen LogP contribution in [0.1, 0.15) is 6.42 Å². The van der Waals surface area contributed by atoms with E-state index in [1.807, 2.05) is 30.3 Å². The first-order chi connectivity index (χ1) is 9.13. The van der Waals surface area contributed by atoms with Gasteiger partial charge >= 0.3 is 0 Å². The molecule has 1 N–H and O–H groups in total. The number of benzene rings is 2. The predicted octanol–water partition coefficient (Wildman–Crippen LogP) is 5.24. The molecule has 0 aliphatic heterocycles. The predicted molar refractivity (Wildman–Crippen MR) is 89.9 cm³/mol.